The van der Waals surface area contributed by atoms with Gasteiger partial charge in [0.25, 0.3) is 5.56 Å². The molecule has 2 aromatic carbocycles. The molecule has 0 aliphatic carbocycles. The van der Waals surface area contributed by atoms with Gasteiger partial charge >= 0.3 is 0 Å². The Morgan fingerprint density at radius 1 is 1.23 bits per heavy atom. The van der Waals surface area contributed by atoms with Gasteiger partial charge in [-0.1, -0.05) is 23.7 Å². The van der Waals surface area contributed by atoms with Gasteiger partial charge in [-0.05, 0) is 36.4 Å². The van der Waals surface area contributed by atoms with E-state index in [0.717, 1.165) is 0 Å². The zero-order valence-electron chi connectivity index (χ0n) is 16.1. The second kappa shape index (κ2) is 8.14. The molecule has 0 aliphatic rings. The molecule has 0 saturated heterocycles. The minimum atomic E-state index is -0.393. The van der Waals surface area contributed by atoms with E-state index in [1.54, 1.807) is 48.2 Å². The minimum Gasteiger partial charge on any atom is -0.507 e. The third-order valence-electron chi connectivity index (χ3n) is 4.75. The molecule has 4 rings (SSSR count). The number of aromatic nitrogens is 3. The van der Waals surface area contributed by atoms with E-state index < -0.39 is 5.78 Å². The summed E-state index contributed by atoms with van der Waals surface area (Å²) in [4.78, 5) is 32.9. The fourth-order valence-electron chi connectivity index (χ4n) is 3.26. The lowest BCUT2D eigenvalue weighted by Crippen LogP contribution is -2.12. The van der Waals surface area contributed by atoms with Crippen molar-refractivity contribution in [3.63, 3.8) is 0 Å². The largest absolute Gasteiger partial charge is 0.507 e. The molecule has 0 atom stereocenters. The van der Waals surface area contributed by atoms with Crippen LogP contribution in [-0.4, -0.2) is 39.1 Å². The number of para-hydroxylation sites is 1. The lowest BCUT2D eigenvalue weighted by atomic mass is 10.0. The van der Waals surface area contributed by atoms with Crippen molar-refractivity contribution in [2.45, 2.75) is 6.54 Å². The number of benzene rings is 2. The fourth-order valence-corrected chi connectivity index (χ4v) is 3.43. The molecule has 2 aromatic heterocycles. The maximum atomic E-state index is 13.0. The Kier molecular flexibility index (Phi) is 5.39. The highest BCUT2D eigenvalue weighted by molar-refractivity contribution is 6.31. The molecule has 0 fully saturated rings. The smallest absolute Gasteiger partial charge is 0.259 e. The van der Waals surface area contributed by atoms with Gasteiger partial charge in [0.05, 0.1) is 28.8 Å². The molecular formula is C22H18ClN3O4. The molecule has 0 unspecified atom stereocenters. The van der Waals surface area contributed by atoms with Crippen LogP contribution >= 0.6 is 11.6 Å². The number of rotatable bonds is 6. The lowest BCUT2D eigenvalue weighted by Gasteiger charge is -2.08. The van der Waals surface area contributed by atoms with Crippen LogP contribution in [-0.2, 0) is 11.3 Å². The molecule has 0 aliphatic heterocycles. The maximum Gasteiger partial charge on any atom is 0.259 e. The predicted molar refractivity (Wildman–Crippen MR) is 114 cm³/mol. The van der Waals surface area contributed by atoms with Crippen LogP contribution < -0.4 is 5.56 Å². The zero-order valence-corrected chi connectivity index (χ0v) is 16.8. The number of nitrogens with one attached hydrogen (secondary N) is 1. The van der Waals surface area contributed by atoms with Crippen LogP contribution in [0.5, 0.6) is 5.75 Å². The molecule has 0 radical (unpaired) electrons. The molecule has 0 saturated carbocycles. The van der Waals surface area contributed by atoms with E-state index in [2.05, 4.69) is 9.97 Å². The summed E-state index contributed by atoms with van der Waals surface area (Å²) >= 11 is 5.99. The number of ether oxygens (including phenoxy) is 1. The van der Waals surface area contributed by atoms with Gasteiger partial charge < -0.3 is 19.4 Å². The van der Waals surface area contributed by atoms with Crippen LogP contribution in [0.1, 0.15) is 15.9 Å². The van der Waals surface area contributed by atoms with Crippen molar-refractivity contribution in [3.05, 3.63) is 81.2 Å². The number of nitrogens with zero attached hydrogens (tertiary/aromatic N) is 2. The van der Waals surface area contributed by atoms with Crippen molar-refractivity contribution in [1.29, 1.82) is 0 Å². The number of ketones is 1. The number of H-pyrrole nitrogens is 1. The average molecular weight is 424 g/mol. The van der Waals surface area contributed by atoms with Crippen molar-refractivity contribution >= 4 is 28.3 Å². The van der Waals surface area contributed by atoms with E-state index in [4.69, 9.17) is 16.3 Å². The number of carbonyl (C=O) groups excluding carboxylic acids is 1. The van der Waals surface area contributed by atoms with Crippen LogP contribution in [0.4, 0.5) is 0 Å². The van der Waals surface area contributed by atoms with Crippen molar-refractivity contribution in [1.82, 2.24) is 14.5 Å². The molecule has 2 N–H and O–H groups in total. The van der Waals surface area contributed by atoms with Crippen LogP contribution in [0.2, 0.25) is 5.02 Å². The monoisotopic (exact) mass is 423 g/mol. The fraction of sp³-hybridized carbons (Fsp3) is 0.136. The molecule has 0 bridgehead atoms. The van der Waals surface area contributed by atoms with Crippen molar-refractivity contribution in [2.75, 3.05) is 13.7 Å². The Morgan fingerprint density at radius 3 is 2.83 bits per heavy atom. The summed E-state index contributed by atoms with van der Waals surface area (Å²) in [7, 11) is 1.58. The number of aromatic hydroxyl groups is 1. The number of phenolic OH excluding ortho intramolecular Hbond substituents is 1. The Balaban J connectivity index is 1.84. The third-order valence-corrected chi connectivity index (χ3v) is 4.99. The third kappa shape index (κ3) is 3.72. The van der Waals surface area contributed by atoms with Crippen molar-refractivity contribution in [2.24, 2.45) is 0 Å². The van der Waals surface area contributed by atoms with E-state index in [1.807, 2.05) is 0 Å². The van der Waals surface area contributed by atoms with E-state index in [9.17, 15) is 14.7 Å². The van der Waals surface area contributed by atoms with Crippen LogP contribution in [0.3, 0.4) is 0 Å². The van der Waals surface area contributed by atoms with Gasteiger partial charge in [0.2, 0.25) is 0 Å². The number of phenols is 1. The first-order valence-corrected chi connectivity index (χ1v) is 9.57. The maximum absolute atomic E-state index is 13.0. The number of halogens is 1. The number of methoxy groups -OCH3 is 1. The van der Waals surface area contributed by atoms with Gasteiger partial charge in [-0.3, -0.25) is 9.59 Å². The van der Waals surface area contributed by atoms with Gasteiger partial charge in [-0.25, -0.2) is 4.98 Å². The summed E-state index contributed by atoms with van der Waals surface area (Å²) < 4.78 is 6.95. The first kappa shape index (κ1) is 19.9. The normalized spacial score (nSPS) is 11.1. The second-order valence-electron chi connectivity index (χ2n) is 6.72. The molecule has 8 heteroatoms. The topological polar surface area (TPSA) is 97.2 Å². The Morgan fingerprint density at radius 2 is 2.03 bits per heavy atom. The highest BCUT2D eigenvalue weighted by Gasteiger charge is 2.20. The highest BCUT2D eigenvalue weighted by atomic mass is 35.5. The second-order valence-corrected chi connectivity index (χ2v) is 7.16. The highest BCUT2D eigenvalue weighted by Crippen LogP contribution is 2.27. The quantitative estimate of drug-likeness (QED) is 0.461. The van der Waals surface area contributed by atoms with Gasteiger partial charge in [0.1, 0.15) is 5.75 Å². The number of hydrogen-bond donors (Lipinski definition) is 2. The summed E-state index contributed by atoms with van der Waals surface area (Å²) in [5.41, 5.74) is 1.26. The zero-order chi connectivity index (χ0) is 21.3. The molecule has 7 nitrogen and oxygen atoms in total. The van der Waals surface area contributed by atoms with Crippen molar-refractivity contribution < 1.29 is 14.6 Å². The van der Waals surface area contributed by atoms with Gasteiger partial charge in [0.15, 0.2) is 11.6 Å². The molecule has 0 amide bonds. The first-order valence-electron chi connectivity index (χ1n) is 9.19. The summed E-state index contributed by atoms with van der Waals surface area (Å²) in [6, 6.07) is 13.0. The standard InChI is InChI=1S/C22H18ClN3O4/c1-30-9-8-26-12-13(20(28)16-11-14(23)6-7-19(16)27)10-18(26)21-24-17-5-3-2-4-15(17)22(29)25-21/h2-7,10-12,27H,8-9H2,1H3,(H,24,25,29). The van der Waals surface area contributed by atoms with Crippen LogP contribution in [0, 0.1) is 0 Å². The molecule has 4 aromatic rings. The number of carbonyl (C=O) groups is 1. The summed E-state index contributed by atoms with van der Waals surface area (Å²) in [6.07, 6.45) is 1.65. The van der Waals surface area contributed by atoms with E-state index in [0.29, 0.717) is 46.2 Å². The molecular weight excluding hydrogens is 406 g/mol. The summed E-state index contributed by atoms with van der Waals surface area (Å²) in [5.74, 6) is -0.215. The number of hydrogen-bond acceptors (Lipinski definition) is 5. The molecule has 152 valence electrons. The summed E-state index contributed by atoms with van der Waals surface area (Å²) in [6.45, 7) is 0.840. The predicted octanol–water partition coefficient (Wildman–Crippen LogP) is 3.63. The van der Waals surface area contributed by atoms with Crippen LogP contribution in [0.15, 0.2) is 59.5 Å². The number of aromatic amines is 1. The Hall–Kier alpha value is -3.42. The van der Waals surface area contributed by atoms with Gasteiger partial charge in [0, 0.05) is 30.4 Å². The van der Waals surface area contributed by atoms with Gasteiger partial charge in [-0.15, -0.1) is 0 Å². The van der Waals surface area contributed by atoms with Gasteiger partial charge in [-0.2, -0.15) is 0 Å². The number of fused-ring (bicyclic) bond motifs is 1. The SMILES string of the molecule is COCCn1cc(C(=O)c2cc(Cl)ccc2O)cc1-c1nc2ccccc2c(=O)[nH]1. The first-order chi connectivity index (χ1) is 14.5. The molecule has 2 heterocycles. The Labute approximate surface area is 176 Å². The Bertz CT molecular complexity index is 1310. The van der Waals surface area contributed by atoms with E-state index >= 15 is 0 Å². The summed E-state index contributed by atoms with van der Waals surface area (Å²) in [5, 5.41) is 10.9. The average Bonchev–Trinajstić information content (AvgIpc) is 3.17. The minimum absolute atomic E-state index is 0.0953. The molecule has 0 spiro atoms. The lowest BCUT2D eigenvalue weighted by molar-refractivity contribution is 0.103. The van der Waals surface area contributed by atoms with Crippen molar-refractivity contribution in [3.8, 4) is 17.3 Å². The molecule has 30 heavy (non-hydrogen) atoms. The van der Waals surface area contributed by atoms with E-state index in [-0.39, 0.29) is 16.9 Å². The van der Waals surface area contributed by atoms with Crippen LogP contribution in [0.25, 0.3) is 22.4 Å². The van der Waals surface area contributed by atoms with E-state index in [1.165, 1.54) is 18.2 Å².